The van der Waals surface area contributed by atoms with E-state index in [9.17, 15) is 14.7 Å². The molecule has 0 spiro atoms. The van der Waals surface area contributed by atoms with Gasteiger partial charge in [-0.15, -0.1) is 0 Å². The second-order valence-corrected chi connectivity index (χ2v) is 6.34. The summed E-state index contributed by atoms with van der Waals surface area (Å²) in [5, 5.41) is 13.6. The number of aliphatic hydroxyl groups excluding tert-OH is 1. The second kappa shape index (κ2) is 6.26. The lowest BCUT2D eigenvalue weighted by molar-refractivity contribution is -0.132. The van der Waals surface area contributed by atoms with Crippen LogP contribution in [0.25, 0.3) is 0 Å². The third kappa shape index (κ3) is 2.88. The predicted octanol–water partition coefficient (Wildman–Crippen LogP) is 2.84. The Morgan fingerprint density at radius 3 is 2.38 bits per heavy atom. The molecule has 2 N–H and O–H groups in total. The van der Waals surface area contributed by atoms with Crippen LogP contribution in [0.5, 0.6) is 0 Å². The number of hydrogen-bond donors (Lipinski definition) is 2. The summed E-state index contributed by atoms with van der Waals surface area (Å²) < 4.78 is 0. The fourth-order valence-electron chi connectivity index (χ4n) is 2.80. The molecule has 1 fully saturated rings. The van der Waals surface area contributed by atoms with E-state index in [4.69, 9.17) is 11.6 Å². The molecule has 1 heterocycles. The number of halogens is 1. The molecule has 0 aromatic heterocycles. The van der Waals surface area contributed by atoms with Crippen molar-refractivity contribution in [2.45, 2.75) is 18.6 Å². The first-order valence-corrected chi connectivity index (χ1v) is 7.93. The number of benzene rings is 2. The zero-order chi connectivity index (χ0) is 17.3. The number of hydrogen-bond acceptors (Lipinski definition) is 3. The van der Waals surface area contributed by atoms with Gasteiger partial charge >= 0.3 is 6.03 Å². The van der Waals surface area contributed by atoms with Gasteiger partial charge in [-0.1, -0.05) is 54.1 Å². The average Bonchev–Trinajstić information content (AvgIpc) is 2.80. The van der Waals surface area contributed by atoms with Gasteiger partial charge in [0.25, 0.3) is 5.91 Å². The van der Waals surface area contributed by atoms with E-state index in [0.29, 0.717) is 16.1 Å². The number of nitrogens with one attached hydrogen (secondary N) is 1. The molecule has 3 amide bonds. The monoisotopic (exact) mass is 344 g/mol. The van der Waals surface area contributed by atoms with Crippen molar-refractivity contribution in [2.24, 2.45) is 0 Å². The standard InChI is InChI=1S/C18H17ClN2O3/c1-18(13-7-9-14(19)10-8-13)16(23)21(17(24)20-18)11-15(22)12-5-3-2-4-6-12/h2-10,15,22H,11H2,1H3,(H,20,24)/t15-,18-/m1/s1. The Hall–Kier alpha value is -2.37. The fraction of sp³-hybridized carbons (Fsp3) is 0.222. The third-order valence-electron chi connectivity index (χ3n) is 4.24. The van der Waals surface area contributed by atoms with Crippen LogP contribution in [-0.4, -0.2) is 28.5 Å². The largest absolute Gasteiger partial charge is 0.387 e. The zero-order valence-electron chi connectivity index (χ0n) is 13.1. The molecular weight excluding hydrogens is 328 g/mol. The van der Waals surface area contributed by atoms with Crippen LogP contribution in [0.4, 0.5) is 4.79 Å². The Balaban J connectivity index is 1.82. The maximum Gasteiger partial charge on any atom is 0.325 e. The molecule has 2 aromatic carbocycles. The first kappa shape index (κ1) is 16.5. The summed E-state index contributed by atoms with van der Waals surface area (Å²) >= 11 is 5.88. The number of nitrogens with zero attached hydrogens (tertiary/aromatic N) is 1. The van der Waals surface area contributed by atoms with Crippen LogP contribution in [-0.2, 0) is 10.3 Å². The SMILES string of the molecule is C[C@]1(c2ccc(Cl)cc2)NC(=O)N(C[C@@H](O)c2ccccc2)C1=O. The normalized spacial score (nSPS) is 21.7. The van der Waals surface area contributed by atoms with E-state index in [0.717, 1.165) is 4.90 Å². The van der Waals surface area contributed by atoms with Crippen molar-refractivity contribution < 1.29 is 14.7 Å². The summed E-state index contributed by atoms with van der Waals surface area (Å²) in [5.74, 6) is -0.398. The Kier molecular flexibility index (Phi) is 4.30. The van der Waals surface area contributed by atoms with E-state index in [1.54, 1.807) is 55.5 Å². The minimum Gasteiger partial charge on any atom is -0.387 e. The molecule has 0 aliphatic carbocycles. The van der Waals surface area contributed by atoms with Gasteiger partial charge in [-0.05, 0) is 30.2 Å². The summed E-state index contributed by atoms with van der Waals surface area (Å²) in [6, 6.07) is 15.2. The van der Waals surface area contributed by atoms with Gasteiger partial charge in [-0.25, -0.2) is 4.79 Å². The van der Waals surface area contributed by atoms with Crippen LogP contribution in [0.2, 0.25) is 5.02 Å². The number of carbonyl (C=O) groups is 2. The van der Waals surface area contributed by atoms with Gasteiger partial charge in [0.15, 0.2) is 0 Å². The van der Waals surface area contributed by atoms with Crippen molar-refractivity contribution in [3.05, 3.63) is 70.7 Å². The molecule has 1 aliphatic rings. The second-order valence-electron chi connectivity index (χ2n) is 5.90. The van der Waals surface area contributed by atoms with Crippen molar-refractivity contribution in [3.8, 4) is 0 Å². The number of imide groups is 1. The first-order valence-electron chi connectivity index (χ1n) is 7.55. The van der Waals surface area contributed by atoms with Gasteiger partial charge in [0.05, 0.1) is 12.6 Å². The molecule has 0 saturated carbocycles. The molecule has 124 valence electrons. The Labute approximate surface area is 144 Å². The highest BCUT2D eigenvalue weighted by Crippen LogP contribution is 2.30. The van der Waals surface area contributed by atoms with E-state index >= 15 is 0 Å². The van der Waals surface area contributed by atoms with E-state index in [2.05, 4.69) is 5.32 Å². The molecular formula is C18H17ClN2O3. The molecule has 3 rings (SSSR count). The smallest absolute Gasteiger partial charge is 0.325 e. The minimum atomic E-state index is -1.17. The van der Waals surface area contributed by atoms with Crippen LogP contribution in [0.3, 0.4) is 0 Å². The minimum absolute atomic E-state index is 0.0993. The number of aliphatic hydroxyl groups is 1. The van der Waals surface area contributed by atoms with Gasteiger partial charge in [-0.3, -0.25) is 9.69 Å². The van der Waals surface area contributed by atoms with Gasteiger partial charge in [0.2, 0.25) is 0 Å². The number of urea groups is 1. The van der Waals surface area contributed by atoms with Crippen LogP contribution in [0, 0.1) is 0 Å². The third-order valence-corrected chi connectivity index (χ3v) is 4.49. The molecule has 2 atom stereocenters. The lowest BCUT2D eigenvalue weighted by Crippen LogP contribution is -2.41. The highest BCUT2D eigenvalue weighted by molar-refractivity contribution is 6.30. The highest BCUT2D eigenvalue weighted by Gasteiger charge is 2.49. The summed E-state index contributed by atoms with van der Waals surface area (Å²) in [6.45, 7) is 1.54. The van der Waals surface area contributed by atoms with Crippen molar-refractivity contribution in [3.63, 3.8) is 0 Å². The van der Waals surface area contributed by atoms with Crippen LogP contribution >= 0.6 is 11.6 Å². The lowest BCUT2D eigenvalue weighted by Gasteiger charge is -2.23. The van der Waals surface area contributed by atoms with Gasteiger partial charge in [0.1, 0.15) is 5.54 Å². The number of rotatable bonds is 4. The quantitative estimate of drug-likeness (QED) is 0.838. The molecule has 6 heteroatoms. The van der Waals surface area contributed by atoms with Crippen molar-refractivity contribution >= 4 is 23.5 Å². The van der Waals surface area contributed by atoms with Crippen molar-refractivity contribution in [1.82, 2.24) is 10.2 Å². The topological polar surface area (TPSA) is 69.6 Å². The van der Waals surface area contributed by atoms with E-state index in [1.165, 1.54) is 0 Å². The maximum absolute atomic E-state index is 12.8. The molecule has 1 aliphatic heterocycles. The van der Waals surface area contributed by atoms with E-state index in [-0.39, 0.29) is 6.54 Å². The number of amides is 3. The predicted molar refractivity (Wildman–Crippen MR) is 90.5 cm³/mol. The molecule has 1 saturated heterocycles. The fourth-order valence-corrected chi connectivity index (χ4v) is 2.92. The van der Waals surface area contributed by atoms with E-state index < -0.39 is 23.6 Å². The molecule has 5 nitrogen and oxygen atoms in total. The van der Waals surface area contributed by atoms with Gasteiger partial charge in [-0.2, -0.15) is 0 Å². The summed E-state index contributed by atoms with van der Waals surface area (Å²) in [5.41, 5.74) is 0.123. The molecule has 0 bridgehead atoms. The lowest BCUT2D eigenvalue weighted by atomic mass is 9.92. The van der Waals surface area contributed by atoms with Crippen LogP contribution < -0.4 is 5.32 Å². The number of carbonyl (C=O) groups excluding carboxylic acids is 2. The van der Waals surface area contributed by atoms with Crippen molar-refractivity contribution in [1.29, 1.82) is 0 Å². The molecule has 2 aromatic rings. The zero-order valence-corrected chi connectivity index (χ0v) is 13.8. The first-order chi connectivity index (χ1) is 11.4. The number of β-amino-alcohol motifs (C(OH)–C–C–N with tert-alkyl or cyclic N) is 1. The molecule has 24 heavy (non-hydrogen) atoms. The molecule has 0 radical (unpaired) electrons. The van der Waals surface area contributed by atoms with E-state index in [1.807, 2.05) is 6.07 Å². The Morgan fingerprint density at radius 2 is 1.75 bits per heavy atom. The van der Waals surface area contributed by atoms with Crippen molar-refractivity contribution in [2.75, 3.05) is 6.54 Å². The summed E-state index contributed by atoms with van der Waals surface area (Å²) in [7, 11) is 0. The van der Waals surface area contributed by atoms with Crippen LogP contribution in [0.1, 0.15) is 24.2 Å². The van der Waals surface area contributed by atoms with Gasteiger partial charge < -0.3 is 10.4 Å². The highest BCUT2D eigenvalue weighted by atomic mass is 35.5. The van der Waals surface area contributed by atoms with Crippen LogP contribution in [0.15, 0.2) is 54.6 Å². The summed E-state index contributed by atoms with van der Waals surface area (Å²) in [6.07, 6.45) is -0.937. The average molecular weight is 345 g/mol. The Bertz CT molecular complexity index is 764. The maximum atomic E-state index is 12.8. The summed E-state index contributed by atoms with van der Waals surface area (Å²) in [4.78, 5) is 26.1. The van der Waals surface area contributed by atoms with Gasteiger partial charge in [0, 0.05) is 5.02 Å². The Morgan fingerprint density at radius 1 is 1.12 bits per heavy atom. The molecule has 0 unspecified atom stereocenters.